The van der Waals surface area contributed by atoms with E-state index in [4.69, 9.17) is 10.5 Å². The second-order valence-corrected chi connectivity index (χ2v) is 5.93. The Balaban J connectivity index is 2.05. The monoisotopic (exact) mass is 277 g/mol. The number of rotatable bonds is 4. The first-order chi connectivity index (χ1) is 9.36. The first-order valence-electron chi connectivity index (χ1n) is 7.00. The zero-order valence-electron chi connectivity index (χ0n) is 12.6. The van der Waals surface area contributed by atoms with Gasteiger partial charge >= 0.3 is 0 Å². The van der Waals surface area contributed by atoms with Gasteiger partial charge in [0.05, 0.1) is 29.2 Å². The number of nitrogens with one attached hydrogen (secondary N) is 1. The maximum absolute atomic E-state index is 12.3. The average molecular weight is 277 g/mol. The number of aromatic nitrogens is 1. The minimum atomic E-state index is -0.115. The van der Waals surface area contributed by atoms with Crippen LogP contribution in [-0.2, 0) is 4.74 Å². The molecule has 0 aromatic carbocycles. The van der Waals surface area contributed by atoms with Crippen molar-refractivity contribution in [2.24, 2.45) is 5.41 Å². The van der Waals surface area contributed by atoms with Gasteiger partial charge in [0.1, 0.15) is 0 Å². The van der Waals surface area contributed by atoms with Crippen LogP contribution in [0, 0.1) is 12.3 Å². The lowest BCUT2D eigenvalue weighted by Gasteiger charge is -2.51. The molecule has 3 N–H and O–H groups in total. The zero-order valence-corrected chi connectivity index (χ0v) is 12.6. The molecule has 0 bridgehead atoms. The third-order valence-electron chi connectivity index (χ3n) is 4.20. The van der Waals surface area contributed by atoms with Crippen LogP contribution < -0.4 is 11.1 Å². The third-order valence-corrected chi connectivity index (χ3v) is 4.20. The molecule has 1 fully saturated rings. The van der Waals surface area contributed by atoms with E-state index in [1.165, 1.54) is 0 Å². The molecule has 1 aliphatic carbocycles. The van der Waals surface area contributed by atoms with Gasteiger partial charge in [-0.05, 0) is 26.3 Å². The van der Waals surface area contributed by atoms with Crippen molar-refractivity contribution in [3.05, 3.63) is 23.5 Å². The highest BCUT2D eigenvalue weighted by Gasteiger charge is 2.49. The number of amides is 1. The molecule has 1 aromatic rings. The summed E-state index contributed by atoms with van der Waals surface area (Å²) < 4.78 is 5.67. The molecule has 1 aromatic heterocycles. The molecule has 0 spiro atoms. The summed E-state index contributed by atoms with van der Waals surface area (Å²) in [6.07, 6.45) is 2.61. The van der Waals surface area contributed by atoms with Crippen LogP contribution >= 0.6 is 0 Å². The summed E-state index contributed by atoms with van der Waals surface area (Å²) in [4.78, 5) is 16.4. The zero-order chi connectivity index (χ0) is 14.9. The van der Waals surface area contributed by atoms with Crippen LogP contribution in [0.4, 0.5) is 5.69 Å². The van der Waals surface area contributed by atoms with E-state index in [2.05, 4.69) is 24.1 Å². The smallest absolute Gasteiger partial charge is 0.253 e. The summed E-state index contributed by atoms with van der Waals surface area (Å²) >= 11 is 0. The first-order valence-corrected chi connectivity index (χ1v) is 7.00. The molecule has 2 unspecified atom stereocenters. The van der Waals surface area contributed by atoms with E-state index in [0.717, 1.165) is 6.42 Å². The third kappa shape index (κ3) is 2.63. The van der Waals surface area contributed by atoms with Crippen LogP contribution in [0.3, 0.4) is 0 Å². The Labute approximate surface area is 119 Å². The quantitative estimate of drug-likeness (QED) is 0.881. The summed E-state index contributed by atoms with van der Waals surface area (Å²) in [5, 5.41) is 3.06. The van der Waals surface area contributed by atoms with Crippen molar-refractivity contribution in [2.75, 3.05) is 12.3 Å². The van der Waals surface area contributed by atoms with E-state index in [1.54, 1.807) is 12.3 Å². The average Bonchev–Trinajstić information content (AvgIpc) is 2.40. The van der Waals surface area contributed by atoms with E-state index < -0.39 is 0 Å². The van der Waals surface area contributed by atoms with Crippen molar-refractivity contribution in [3.63, 3.8) is 0 Å². The number of anilines is 1. The molecule has 110 valence electrons. The van der Waals surface area contributed by atoms with E-state index >= 15 is 0 Å². The van der Waals surface area contributed by atoms with E-state index in [0.29, 0.717) is 23.6 Å². The maximum Gasteiger partial charge on any atom is 0.253 e. The fourth-order valence-corrected chi connectivity index (χ4v) is 2.63. The summed E-state index contributed by atoms with van der Waals surface area (Å²) in [5.41, 5.74) is 7.38. The normalized spacial score (nSPS) is 24.0. The van der Waals surface area contributed by atoms with Crippen LogP contribution in [0.2, 0.25) is 0 Å². The lowest BCUT2D eigenvalue weighted by Crippen LogP contribution is -2.62. The Hall–Kier alpha value is -1.62. The molecule has 5 nitrogen and oxygen atoms in total. The molecule has 1 saturated carbocycles. The van der Waals surface area contributed by atoms with Gasteiger partial charge < -0.3 is 15.8 Å². The van der Waals surface area contributed by atoms with Crippen LogP contribution in [-0.4, -0.2) is 29.6 Å². The number of nitrogens with zero attached hydrogens (tertiary/aromatic N) is 1. The number of ether oxygens (including phenoxy) is 1. The topological polar surface area (TPSA) is 77.2 Å². The van der Waals surface area contributed by atoms with E-state index in [-0.39, 0.29) is 23.5 Å². The number of carbonyl (C=O) groups is 1. The number of carbonyl (C=O) groups excluding carboxylic acids is 1. The van der Waals surface area contributed by atoms with Gasteiger partial charge in [-0.1, -0.05) is 13.8 Å². The number of nitrogens with two attached hydrogens (primary N) is 1. The van der Waals surface area contributed by atoms with Crippen molar-refractivity contribution in [2.45, 2.75) is 46.3 Å². The Kier molecular flexibility index (Phi) is 3.99. The second kappa shape index (κ2) is 5.40. The van der Waals surface area contributed by atoms with Gasteiger partial charge in [0.25, 0.3) is 5.91 Å². The first kappa shape index (κ1) is 14.8. The fourth-order valence-electron chi connectivity index (χ4n) is 2.63. The highest BCUT2D eigenvalue weighted by molar-refractivity contribution is 5.96. The van der Waals surface area contributed by atoms with Gasteiger partial charge in [0, 0.05) is 18.1 Å². The van der Waals surface area contributed by atoms with Gasteiger partial charge in [-0.2, -0.15) is 0 Å². The van der Waals surface area contributed by atoms with E-state index in [1.807, 2.05) is 13.8 Å². The molecule has 0 aliphatic heterocycles. The Bertz CT molecular complexity index is 514. The van der Waals surface area contributed by atoms with Gasteiger partial charge in [-0.3, -0.25) is 9.78 Å². The highest BCUT2D eigenvalue weighted by Crippen LogP contribution is 2.42. The van der Waals surface area contributed by atoms with Crippen molar-refractivity contribution < 1.29 is 9.53 Å². The van der Waals surface area contributed by atoms with Gasteiger partial charge in [-0.15, -0.1) is 0 Å². The molecule has 2 atom stereocenters. The Morgan fingerprint density at radius 1 is 1.60 bits per heavy atom. The van der Waals surface area contributed by atoms with Gasteiger partial charge in [0.15, 0.2) is 0 Å². The SMILES string of the molecule is CCOC1CC(NC(=O)c2cc(N)cnc2C)C1(C)C. The summed E-state index contributed by atoms with van der Waals surface area (Å²) in [6, 6.07) is 1.79. The van der Waals surface area contributed by atoms with E-state index in [9.17, 15) is 4.79 Å². The molecule has 2 rings (SSSR count). The second-order valence-electron chi connectivity index (χ2n) is 5.93. The van der Waals surface area contributed by atoms with Gasteiger partial charge in [0.2, 0.25) is 0 Å². The fraction of sp³-hybridized carbons (Fsp3) is 0.600. The summed E-state index contributed by atoms with van der Waals surface area (Å²) in [5.74, 6) is -0.115. The number of hydrogen-bond acceptors (Lipinski definition) is 4. The van der Waals surface area contributed by atoms with Crippen LogP contribution in [0.25, 0.3) is 0 Å². The highest BCUT2D eigenvalue weighted by atomic mass is 16.5. The molecular weight excluding hydrogens is 254 g/mol. The molecule has 1 heterocycles. The van der Waals surface area contributed by atoms with Crippen molar-refractivity contribution >= 4 is 11.6 Å². The molecule has 20 heavy (non-hydrogen) atoms. The lowest BCUT2D eigenvalue weighted by atomic mass is 9.64. The number of pyridine rings is 1. The molecule has 1 amide bonds. The molecule has 0 radical (unpaired) electrons. The molecule has 1 aliphatic rings. The summed E-state index contributed by atoms with van der Waals surface area (Å²) in [7, 11) is 0. The predicted molar refractivity (Wildman–Crippen MR) is 78.5 cm³/mol. The van der Waals surface area contributed by atoms with Crippen LogP contribution in [0.15, 0.2) is 12.3 Å². The minimum absolute atomic E-state index is 0.0483. The number of nitrogen functional groups attached to an aromatic ring is 1. The molecular formula is C15H23N3O2. The maximum atomic E-state index is 12.3. The largest absolute Gasteiger partial charge is 0.397 e. The van der Waals surface area contributed by atoms with Crippen LogP contribution in [0.5, 0.6) is 0 Å². The minimum Gasteiger partial charge on any atom is -0.397 e. The van der Waals surface area contributed by atoms with Crippen molar-refractivity contribution in [1.82, 2.24) is 10.3 Å². The predicted octanol–water partition coefficient (Wildman–Crippen LogP) is 1.91. The van der Waals surface area contributed by atoms with Crippen LogP contribution in [0.1, 0.15) is 43.2 Å². The number of aryl methyl sites for hydroxylation is 1. The van der Waals surface area contributed by atoms with Crippen molar-refractivity contribution in [3.8, 4) is 0 Å². The standard InChI is InChI=1S/C15H23N3O2/c1-5-20-13-7-12(15(13,3)4)18-14(19)11-6-10(16)8-17-9(11)2/h6,8,12-13H,5,7,16H2,1-4H3,(H,18,19). The van der Waals surface area contributed by atoms with Crippen molar-refractivity contribution in [1.29, 1.82) is 0 Å². The Morgan fingerprint density at radius 3 is 2.90 bits per heavy atom. The molecule has 0 saturated heterocycles. The lowest BCUT2D eigenvalue weighted by molar-refractivity contribution is -0.111. The number of hydrogen-bond donors (Lipinski definition) is 2. The Morgan fingerprint density at radius 2 is 2.30 bits per heavy atom. The van der Waals surface area contributed by atoms with Gasteiger partial charge in [-0.25, -0.2) is 0 Å². The summed E-state index contributed by atoms with van der Waals surface area (Å²) in [6.45, 7) is 8.73. The molecule has 5 heteroatoms.